The number of fused-ring (bicyclic) bond motifs is 1. The quantitative estimate of drug-likeness (QED) is 0.687. The summed E-state index contributed by atoms with van der Waals surface area (Å²) in [5, 5.41) is 15.7. The smallest absolute Gasteiger partial charge is 0.252 e. The number of rotatable bonds is 4. The van der Waals surface area contributed by atoms with Crippen molar-refractivity contribution in [3.63, 3.8) is 0 Å². The molecule has 0 fully saturated rings. The van der Waals surface area contributed by atoms with E-state index in [1.807, 2.05) is 6.07 Å². The van der Waals surface area contributed by atoms with Crippen LogP contribution in [0.1, 0.15) is 24.2 Å². The van der Waals surface area contributed by atoms with Crippen LogP contribution < -0.4 is 26.8 Å². The highest BCUT2D eigenvalue weighted by Gasteiger charge is 2.14. The first-order valence-corrected chi connectivity index (χ1v) is 7.85. The van der Waals surface area contributed by atoms with Gasteiger partial charge in [0.1, 0.15) is 17.6 Å². The van der Waals surface area contributed by atoms with Crippen molar-refractivity contribution < 1.29 is 9.18 Å². The van der Waals surface area contributed by atoms with E-state index < -0.39 is 17.4 Å². The predicted molar refractivity (Wildman–Crippen MR) is 91.7 cm³/mol. The van der Waals surface area contributed by atoms with E-state index in [1.165, 1.54) is 18.2 Å². The number of nitriles is 1. The van der Waals surface area contributed by atoms with E-state index in [9.17, 15) is 14.0 Å². The Morgan fingerprint density at radius 1 is 1.46 bits per heavy atom. The van der Waals surface area contributed by atoms with Crippen LogP contribution in [0.3, 0.4) is 0 Å². The third-order valence-electron chi connectivity index (χ3n) is 3.93. The van der Waals surface area contributed by atoms with Crippen molar-refractivity contribution in [2.75, 3.05) is 0 Å². The summed E-state index contributed by atoms with van der Waals surface area (Å²) >= 11 is 0. The van der Waals surface area contributed by atoms with Gasteiger partial charge >= 0.3 is 0 Å². The fourth-order valence-electron chi connectivity index (χ4n) is 2.62. The summed E-state index contributed by atoms with van der Waals surface area (Å²) in [6, 6.07) is 5.85. The van der Waals surface area contributed by atoms with Crippen LogP contribution in [0.5, 0.6) is 0 Å². The van der Waals surface area contributed by atoms with Crippen molar-refractivity contribution in [1.82, 2.24) is 20.6 Å². The zero-order valence-electron chi connectivity index (χ0n) is 13.8. The van der Waals surface area contributed by atoms with Crippen LogP contribution >= 0.6 is 0 Å². The number of nitrogens with zero attached hydrogens (tertiary/aromatic N) is 2. The van der Waals surface area contributed by atoms with E-state index in [0.29, 0.717) is 22.0 Å². The molecule has 1 aliphatic rings. The van der Waals surface area contributed by atoms with E-state index in [2.05, 4.69) is 20.6 Å². The van der Waals surface area contributed by atoms with Gasteiger partial charge in [-0.2, -0.15) is 5.26 Å². The molecule has 0 saturated heterocycles. The Labute approximate surface area is 147 Å². The number of halogens is 1. The van der Waals surface area contributed by atoms with E-state index in [1.54, 1.807) is 19.5 Å². The summed E-state index contributed by atoms with van der Waals surface area (Å²) in [6.45, 7) is 3.27. The largest absolute Gasteiger partial charge is 0.367 e. The predicted octanol–water partition coefficient (Wildman–Crippen LogP) is -0.494. The van der Waals surface area contributed by atoms with Crippen LogP contribution in [0.4, 0.5) is 4.39 Å². The van der Waals surface area contributed by atoms with Gasteiger partial charge < -0.3 is 15.6 Å². The zero-order chi connectivity index (χ0) is 18.7. The second-order valence-electron chi connectivity index (χ2n) is 5.78. The number of nitrogens with one attached hydrogen (secondary N) is 3. The molecule has 0 bridgehead atoms. The van der Waals surface area contributed by atoms with Gasteiger partial charge in [0.15, 0.2) is 0 Å². The molecular weight excluding hydrogens is 337 g/mol. The lowest BCUT2D eigenvalue weighted by Crippen LogP contribution is -2.43. The first kappa shape index (κ1) is 17.4. The van der Waals surface area contributed by atoms with Crippen molar-refractivity contribution in [3.05, 3.63) is 68.9 Å². The maximum atomic E-state index is 12.9. The van der Waals surface area contributed by atoms with Crippen LogP contribution in [-0.4, -0.2) is 15.9 Å². The van der Waals surface area contributed by atoms with E-state index in [4.69, 9.17) is 5.26 Å². The Balaban J connectivity index is 1.81. The molecule has 26 heavy (non-hydrogen) atoms. The Morgan fingerprint density at radius 2 is 2.27 bits per heavy atom. The number of amides is 1. The minimum absolute atomic E-state index is 0.156. The molecule has 1 aliphatic heterocycles. The highest BCUT2D eigenvalue weighted by Crippen LogP contribution is 2.09. The maximum Gasteiger partial charge on any atom is 0.252 e. The lowest BCUT2D eigenvalue weighted by molar-refractivity contribution is -0.121. The topological polar surface area (TPSA) is 111 Å². The van der Waals surface area contributed by atoms with Crippen LogP contribution in [0, 0.1) is 23.7 Å². The first-order chi connectivity index (χ1) is 12.5. The van der Waals surface area contributed by atoms with Crippen molar-refractivity contribution >= 4 is 17.7 Å². The molecule has 1 radical (unpaired) electrons. The number of hydrogen-bond acceptors (Lipinski definition) is 5. The Kier molecular flexibility index (Phi) is 4.80. The molecule has 7 nitrogen and oxygen atoms in total. The van der Waals surface area contributed by atoms with E-state index >= 15 is 0 Å². The summed E-state index contributed by atoms with van der Waals surface area (Å²) in [6.07, 6.45) is 2.56. The number of aromatic nitrogens is 2. The highest BCUT2D eigenvalue weighted by molar-refractivity contribution is 5.79. The molecule has 0 saturated carbocycles. The summed E-state index contributed by atoms with van der Waals surface area (Å²) in [5.41, 5.74) is 0.651. The molecule has 2 aromatic heterocycles. The molecule has 3 heterocycles. The molecule has 131 valence electrons. The molecule has 1 amide bonds. The molecule has 2 aromatic rings. The number of hydrogen-bond donors (Lipinski definition) is 3. The number of carbonyl (C=O) groups is 1. The van der Waals surface area contributed by atoms with Crippen LogP contribution in [0.15, 0.2) is 29.2 Å². The molecule has 0 unspecified atom stereocenters. The third-order valence-corrected chi connectivity index (χ3v) is 3.93. The maximum absolute atomic E-state index is 12.9. The van der Waals surface area contributed by atoms with Gasteiger partial charge in [0, 0.05) is 16.1 Å². The summed E-state index contributed by atoms with van der Waals surface area (Å²) < 4.78 is 12.9. The van der Waals surface area contributed by atoms with Gasteiger partial charge in [-0.25, -0.2) is 4.39 Å². The van der Waals surface area contributed by atoms with Gasteiger partial charge in [-0.05, 0) is 31.2 Å². The Bertz CT molecular complexity index is 1070. The second-order valence-corrected chi connectivity index (χ2v) is 5.78. The minimum Gasteiger partial charge on any atom is -0.367 e. The second kappa shape index (κ2) is 7.19. The fourth-order valence-corrected chi connectivity index (χ4v) is 2.62. The van der Waals surface area contributed by atoms with Gasteiger partial charge in [0.05, 0.1) is 30.9 Å². The van der Waals surface area contributed by atoms with E-state index in [-0.39, 0.29) is 17.9 Å². The van der Waals surface area contributed by atoms with Crippen molar-refractivity contribution in [2.24, 2.45) is 0 Å². The Hall–Kier alpha value is -3.47. The van der Waals surface area contributed by atoms with Crippen LogP contribution in [0.25, 0.3) is 11.8 Å². The number of pyridine rings is 2. The number of carbonyl (C=O) groups excluding carboxylic acids is 1. The van der Waals surface area contributed by atoms with Crippen molar-refractivity contribution in [2.45, 2.75) is 19.4 Å². The fraction of sp³-hybridized carbons (Fsp3) is 0.167. The normalized spacial score (nSPS) is 13.7. The van der Waals surface area contributed by atoms with Gasteiger partial charge in [-0.3, -0.25) is 14.6 Å². The van der Waals surface area contributed by atoms with Crippen molar-refractivity contribution in [3.8, 4) is 6.07 Å². The number of aromatic amines is 1. The Morgan fingerprint density at radius 3 is 2.96 bits per heavy atom. The van der Waals surface area contributed by atoms with E-state index in [0.717, 1.165) is 6.20 Å². The lowest BCUT2D eigenvalue weighted by atomic mass is 10.1. The highest BCUT2D eigenvalue weighted by atomic mass is 19.1. The van der Waals surface area contributed by atoms with Gasteiger partial charge in [0.2, 0.25) is 5.91 Å². The average molecular weight is 352 g/mol. The summed E-state index contributed by atoms with van der Waals surface area (Å²) in [5.74, 6) is -0.841. The average Bonchev–Trinajstić information content (AvgIpc) is 2.62. The lowest BCUT2D eigenvalue weighted by Gasteiger charge is -2.13. The number of H-pyrrole nitrogens is 1. The van der Waals surface area contributed by atoms with Gasteiger partial charge in [0.25, 0.3) is 5.56 Å². The summed E-state index contributed by atoms with van der Waals surface area (Å²) in [7, 11) is 0. The molecule has 1 atom stereocenters. The van der Waals surface area contributed by atoms with Crippen molar-refractivity contribution in [1.29, 1.82) is 5.26 Å². The molecule has 8 heteroatoms. The first-order valence-electron chi connectivity index (χ1n) is 7.85. The molecule has 3 rings (SSSR count). The van der Waals surface area contributed by atoms with Gasteiger partial charge in [-0.15, -0.1) is 0 Å². The monoisotopic (exact) mass is 352 g/mol. The molecule has 0 aromatic carbocycles. The minimum atomic E-state index is -0.458. The SMILES string of the molecule is C[C@@H](NC(=O)Cc1cc2c([nH]c1=O)=C[CH]NC=2C#N)c1ccc(F)cn1. The third kappa shape index (κ3) is 3.62. The molecule has 0 aliphatic carbocycles. The zero-order valence-corrected chi connectivity index (χ0v) is 13.8. The van der Waals surface area contributed by atoms with Gasteiger partial charge in [-0.1, -0.05) is 0 Å². The van der Waals surface area contributed by atoms with Crippen LogP contribution in [0.2, 0.25) is 0 Å². The van der Waals surface area contributed by atoms with Crippen LogP contribution in [-0.2, 0) is 11.2 Å². The molecule has 0 spiro atoms. The molecule has 3 N–H and O–H groups in total. The standard InChI is InChI=1S/C18H15FN5O2/c1-10(14-3-2-12(19)9-22-14)23-17(25)7-11-6-13-15(24-18(11)26)4-5-21-16(13)8-20/h2-6,9-10,21H,7H2,1H3,(H,23,25)(H,24,26)/t10-/m1/s1. The summed E-state index contributed by atoms with van der Waals surface area (Å²) in [4.78, 5) is 31.0. The molecular formula is C18H15FN5O2.